The molecule has 4 nitrogen and oxygen atoms in total. The van der Waals surface area contributed by atoms with E-state index in [4.69, 9.17) is 19.7 Å². The van der Waals surface area contributed by atoms with Gasteiger partial charge in [0.15, 0.2) is 17.5 Å². The quantitative estimate of drug-likeness (QED) is 0.165. The maximum absolute atomic E-state index is 6.77. The molecule has 0 bridgehead atoms. The summed E-state index contributed by atoms with van der Waals surface area (Å²) in [7, 11) is 0. The smallest absolute Gasteiger partial charge is 0.164 e. The normalized spacial score (nSPS) is 17.2. The van der Waals surface area contributed by atoms with Crippen molar-refractivity contribution in [3.8, 4) is 73.3 Å². The molecule has 8 aromatic rings. The van der Waals surface area contributed by atoms with E-state index in [0.717, 1.165) is 69.5 Å². The first-order chi connectivity index (χ1) is 27.2. The Labute approximate surface area is 322 Å². The summed E-state index contributed by atoms with van der Waals surface area (Å²) in [6, 6.07) is 64.1. The molecule has 4 heteroatoms. The third-order valence-corrected chi connectivity index (χ3v) is 11.3. The Balaban J connectivity index is 1.12. The zero-order valence-corrected chi connectivity index (χ0v) is 30.4. The number of aromatic nitrogens is 3. The van der Waals surface area contributed by atoms with E-state index in [1.54, 1.807) is 0 Å². The molecule has 1 fully saturated rings. The van der Waals surface area contributed by atoms with E-state index >= 15 is 0 Å². The summed E-state index contributed by atoms with van der Waals surface area (Å²) in [5.74, 6) is 3.60. The number of benzene rings is 7. The lowest BCUT2D eigenvalue weighted by Gasteiger charge is -2.33. The number of nitrogens with zero attached hydrogens (tertiary/aromatic N) is 3. The highest BCUT2D eigenvalue weighted by Crippen LogP contribution is 2.51. The maximum atomic E-state index is 6.77. The van der Waals surface area contributed by atoms with E-state index in [1.165, 1.54) is 16.7 Å². The van der Waals surface area contributed by atoms with Gasteiger partial charge in [-0.05, 0) is 76.1 Å². The summed E-state index contributed by atoms with van der Waals surface area (Å²) < 4.78 is 6.77. The van der Waals surface area contributed by atoms with Crippen LogP contribution in [0.1, 0.15) is 42.2 Å². The van der Waals surface area contributed by atoms with Crippen LogP contribution in [0.2, 0.25) is 0 Å². The van der Waals surface area contributed by atoms with Crippen LogP contribution >= 0.6 is 0 Å². The maximum Gasteiger partial charge on any atom is 0.164 e. The van der Waals surface area contributed by atoms with Crippen LogP contribution in [0.4, 0.5) is 0 Å². The van der Waals surface area contributed by atoms with Crippen LogP contribution in [-0.2, 0) is 0 Å². The van der Waals surface area contributed by atoms with Crippen LogP contribution < -0.4 is 4.74 Å². The summed E-state index contributed by atoms with van der Waals surface area (Å²) in [5, 5.41) is 0. The van der Waals surface area contributed by atoms with Gasteiger partial charge in [-0.25, -0.2) is 15.0 Å². The zero-order chi connectivity index (χ0) is 36.6. The molecule has 1 aliphatic carbocycles. The number of rotatable bonds is 7. The van der Waals surface area contributed by atoms with Gasteiger partial charge in [-0.2, -0.15) is 0 Å². The van der Waals surface area contributed by atoms with Crippen molar-refractivity contribution in [2.45, 2.75) is 37.2 Å². The van der Waals surface area contributed by atoms with Crippen molar-refractivity contribution in [2.75, 3.05) is 0 Å². The van der Waals surface area contributed by atoms with Gasteiger partial charge in [0.1, 0.15) is 11.9 Å². The molecule has 264 valence electrons. The Kier molecular flexibility index (Phi) is 8.57. The molecule has 3 unspecified atom stereocenters. The minimum Gasteiger partial charge on any atom is -0.489 e. The molecular weight excluding hydrogens is 671 g/mol. The molecular formula is C51H39N3O. The molecule has 0 spiro atoms. The summed E-state index contributed by atoms with van der Waals surface area (Å²) in [4.78, 5) is 15.7. The first kappa shape index (κ1) is 33.0. The highest BCUT2D eigenvalue weighted by atomic mass is 16.5. The molecule has 55 heavy (non-hydrogen) atoms. The van der Waals surface area contributed by atoms with Gasteiger partial charge in [0, 0.05) is 34.1 Å². The van der Waals surface area contributed by atoms with Crippen molar-refractivity contribution in [1.82, 2.24) is 15.0 Å². The lowest BCUT2D eigenvalue weighted by Crippen LogP contribution is -2.31. The Morgan fingerprint density at radius 2 is 0.836 bits per heavy atom. The second-order valence-electron chi connectivity index (χ2n) is 14.7. The van der Waals surface area contributed by atoms with E-state index in [1.807, 2.05) is 12.1 Å². The van der Waals surface area contributed by atoms with Crippen molar-refractivity contribution in [2.24, 2.45) is 0 Å². The monoisotopic (exact) mass is 709 g/mol. The van der Waals surface area contributed by atoms with Gasteiger partial charge in [-0.1, -0.05) is 164 Å². The fourth-order valence-electron chi connectivity index (χ4n) is 8.53. The first-order valence-corrected chi connectivity index (χ1v) is 19.3. The second kappa shape index (κ2) is 14.3. The van der Waals surface area contributed by atoms with E-state index in [2.05, 4.69) is 170 Å². The number of hydrogen-bond acceptors (Lipinski definition) is 4. The van der Waals surface area contributed by atoms with Crippen LogP contribution in [0.3, 0.4) is 0 Å². The number of hydrogen-bond donors (Lipinski definition) is 0. The Hall–Kier alpha value is -6.65. The van der Waals surface area contributed by atoms with Gasteiger partial charge in [-0.15, -0.1) is 0 Å². The van der Waals surface area contributed by atoms with E-state index in [-0.39, 0.29) is 12.0 Å². The molecule has 10 rings (SSSR count). The topological polar surface area (TPSA) is 47.9 Å². The van der Waals surface area contributed by atoms with Gasteiger partial charge in [-0.3, -0.25) is 0 Å². The molecule has 0 saturated heterocycles. The van der Waals surface area contributed by atoms with Gasteiger partial charge < -0.3 is 4.74 Å². The van der Waals surface area contributed by atoms with E-state index in [0.29, 0.717) is 23.4 Å². The highest BCUT2D eigenvalue weighted by molar-refractivity contribution is 5.76. The fraction of sp³-hybridized carbons (Fsp3) is 0.118. The molecule has 0 N–H and O–H groups in total. The molecule has 2 heterocycles. The van der Waals surface area contributed by atoms with Crippen molar-refractivity contribution in [3.05, 3.63) is 193 Å². The van der Waals surface area contributed by atoms with Crippen LogP contribution in [0.25, 0.3) is 67.5 Å². The van der Waals surface area contributed by atoms with Crippen LogP contribution in [0, 0.1) is 0 Å². The zero-order valence-electron chi connectivity index (χ0n) is 30.4. The minimum atomic E-state index is 0.0957. The molecule has 1 aliphatic heterocycles. The van der Waals surface area contributed by atoms with Crippen molar-refractivity contribution in [1.29, 1.82) is 0 Å². The van der Waals surface area contributed by atoms with Crippen LogP contribution in [0.15, 0.2) is 182 Å². The highest BCUT2D eigenvalue weighted by Gasteiger charge is 2.42. The average molecular weight is 710 g/mol. The number of fused-ring (bicyclic) bond motifs is 3. The Bertz CT molecular complexity index is 2610. The predicted molar refractivity (Wildman–Crippen MR) is 223 cm³/mol. The fourth-order valence-corrected chi connectivity index (χ4v) is 8.53. The average Bonchev–Trinajstić information content (AvgIpc) is 3.66. The van der Waals surface area contributed by atoms with E-state index < -0.39 is 0 Å². The summed E-state index contributed by atoms with van der Waals surface area (Å²) in [5.41, 5.74) is 12.4. The third kappa shape index (κ3) is 6.51. The van der Waals surface area contributed by atoms with Crippen molar-refractivity contribution >= 4 is 0 Å². The third-order valence-electron chi connectivity index (χ3n) is 11.3. The first-order valence-electron chi connectivity index (χ1n) is 19.3. The lowest BCUT2D eigenvalue weighted by molar-refractivity contribution is 0.138. The van der Waals surface area contributed by atoms with Gasteiger partial charge in [0.05, 0.1) is 0 Å². The van der Waals surface area contributed by atoms with Crippen molar-refractivity contribution < 1.29 is 4.74 Å². The summed E-state index contributed by atoms with van der Waals surface area (Å²) >= 11 is 0. The number of para-hydroxylation sites is 1. The molecule has 2 aliphatic rings. The number of ether oxygens (including phenoxy) is 1. The molecule has 1 saturated carbocycles. The van der Waals surface area contributed by atoms with Crippen molar-refractivity contribution in [3.63, 3.8) is 0 Å². The predicted octanol–water partition coefficient (Wildman–Crippen LogP) is 12.7. The molecule has 0 radical (unpaired) electrons. The SMILES string of the molecule is c1ccc(-c2ccc(-c3nc(-c4cccc(-c5ccccc5)c4)nc(-c4cc(-c5ccccc5)cc(C5CCCC6c7ccccc7OC56)c4)n3)cc2)cc1. The summed E-state index contributed by atoms with van der Waals surface area (Å²) in [6.07, 6.45) is 3.47. The van der Waals surface area contributed by atoms with Gasteiger partial charge in [0.25, 0.3) is 0 Å². The van der Waals surface area contributed by atoms with E-state index in [9.17, 15) is 0 Å². The van der Waals surface area contributed by atoms with Gasteiger partial charge in [0.2, 0.25) is 0 Å². The Morgan fingerprint density at radius 1 is 0.364 bits per heavy atom. The standard InChI is InChI=1S/C51H39N3O/c1-4-14-34(15-5-1)37-26-28-38(29-27-37)49-52-50(40-21-12-20-39(30-40)35-16-6-2-7-17-35)54-51(53-49)43-32-41(36-18-8-3-9-19-36)31-42(33-43)44-23-13-24-46-45-22-10-11-25-47(45)55-48(44)46/h1-12,14-22,25-33,44,46,48H,13,23-24H2. The second-order valence-corrected chi connectivity index (χ2v) is 14.7. The largest absolute Gasteiger partial charge is 0.489 e. The minimum absolute atomic E-state index is 0.0957. The van der Waals surface area contributed by atoms with Crippen LogP contribution in [0.5, 0.6) is 5.75 Å². The molecule has 1 aromatic heterocycles. The van der Waals surface area contributed by atoms with Gasteiger partial charge >= 0.3 is 0 Å². The summed E-state index contributed by atoms with van der Waals surface area (Å²) in [6.45, 7) is 0. The molecule has 7 aromatic carbocycles. The lowest BCUT2D eigenvalue weighted by atomic mass is 9.73. The van der Waals surface area contributed by atoms with Crippen LogP contribution in [-0.4, -0.2) is 21.1 Å². The molecule has 0 amide bonds. The molecule has 3 atom stereocenters. The Morgan fingerprint density at radius 3 is 1.55 bits per heavy atom.